The van der Waals surface area contributed by atoms with Crippen molar-refractivity contribution in [3.8, 4) is 5.75 Å². The molecule has 21 heavy (non-hydrogen) atoms. The van der Waals surface area contributed by atoms with Crippen molar-refractivity contribution >= 4 is 22.6 Å². The topological polar surface area (TPSA) is 27.1 Å². The van der Waals surface area contributed by atoms with E-state index >= 15 is 0 Å². The summed E-state index contributed by atoms with van der Waals surface area (Å²) >= 11 is 6.08. The summed E-state index contributed by atoms with van der Waals surface area (Å²) in [6, 6.07) is 3.51. The summed E-state index contributed by atoms with van der Waals surface area (Å²) in [4.78, 5) is 4.51. The normalized spacial score (nSPS) is 21.1. The monoisotopic (exact) mass is 310 g/mol. The number of methoxy groups -OCH3 is 1. The second-order valence-electron chi connectivity index (χ2n) is 6.40. The maximum absolute atomic E-state index is 13.9. The van der Waals surface area contributed by atoms with Crippen LogP contribution in [0.1, 0.15) is 45.0 Å². The van der Waals surface area contributed by atoms with Crippen molar-refractivity contribution in [1.29, 1.82) is 0 Å². The van der Waals surface area contributed by atoms with Crippen LogP contribution in [0.15, 0.2) is 12.1 Å². The van der Waals surface area contributed by atoms with E-state index in [4.69, 9.17) is 16.3 Å². The minimum atomic E-state index is -0.388. The molecule has 0 aliphatic heterocycles. The molecule has 5 heteroatoms. The van der Waals surface area contributed by atoms with Gasteiger partial charge in [0, 0.05) is 18.2 Å². The Morgan fingerprint density at radius 2 is 2.24 bits per heavy atom. The number of ether oxygens (including phenoxy) is 1. The van der Waals surface area contributed by atoms with Gasteiger partial charge in [-0.3, -0.25) is 0 Å². The van der Waals surface area contributed by atoms with Crippen LogP contribution in [0.5, 0.6) is 5.75 Å². The molecule has 1 aromatic heterocycles. The van der Waals surface area contributed by atoms with Gasteiger partial charge in [0.1, 0.15) is 5.82 Å². The maximum Gasteiger partial charge on any atom is 0.167 e. The number of fused-ring (bicyclic) bond motifs is 1. The molecule has 1 atom stereocenters. The quantitative estimate of drug-likeness (QED) is 0.770. The summed E-state index contributed by atoms with van der Waals surface area (Å²) in [5, 5.41) is 0. The van der Waals surface area contributed by atoms with Crippen LogP contribution in [0.2, 0.25) is 0 Å². The van der Waals surface area contributed by atoms with Crippen molar-refractivity contribution in [1.82, 2.24) is 9.55 Å². The highest BCUT2D eigenvalue weighted by atomic mass is 35.5. The van der Waals surface area contributed by atoms with Gasteiger partial charge in [-0.2, -0.15) is 0 Å². The van der Waals surface area contributed by atoms with E-state index in [1.807, 2.05) is 0 Å². The fourth-order valence-corrected chi connectivity index (χ4v) is 3.72. The lowest BCUT2D eigenvalue weighted by molar-refractivity contribution is 0.262. The van der Waals surface area contributed by atoms with Crippen LogP contribution in [-0.2, 0) is 5.88 Å². The number of aromatic nitrogens is 2. The van der Waals surface area contributed by atoms with Gasteiger partial charge in [-0.25, -0.2) is 9.37 Å². The fourth-order valence-electron chi connectivity index (χ4n) is 3.53. The van der Waals surface area contributed by atoms with Gasteiger partial charge >= 0.3 is 0 Å². The van der Waals surface area contributed by atoms with Crippen LogP contribution in [-0.4, -0.2) is 16.7 Å². The molecular weight excluding hydrogens is 291 g/mol. The first-order chi connectivity index (χ1) is 9.97. The Labute approximate surface area is 129 Å². The first-order valence-electron chi connectivity index (χ1n) is 7.28. The summed E-state index contributed by atoms with van der Waals surface area (Å²) in [5.74, 6) is 0.992. The summed E-state index contributed by atoms with van der Waals surface area (Å²) in [6.07, 6.45) is 3.47. The lowest BCUT2D eigenvalue weighted by Crippen LogP contribution is -2.23. The molecule has 0 saturated heterocycles. The molecule has 3 nitrogen and oxygen atoms in total. The van der Waals surface area contributed by atoms with Crippen molar-refractivity contribution in [3.05, 3.63) is 23.8 Å². The Balaban J connectivity index is 2.24. The molecule has 0 bridgehead atoms. The summed E-state index contributed by atoms with van der Waals surface area (Å²) in [6.45, 7) is 4.55. The third-order valence-electron chi connectivity index (χ3n) is 4.67. The molecule has 0 N–H and O–H groups in total. The molecule has 0 spiro atoms. The standard InChI is InChI=1S/C16H20ClFN2O/c1-16(2)6-4-5-14(16)20-12-8-13(21-3)10(18)7-11(12)19-15(20)9-17/h7-8,14H,4-6,9H2,1-3H3. The Morgan fingerprint density at radius 3 is 2.81 bits per heavy atom. The third kappa shape index (κ3) is 2.30. The molecule has 1 fully saturated rings. The van der Waals surface area contributed by atoms with E-state index in [1.165, 1.54) is 26.0 Å². The average molecular weight is 311 g/mol. The molecule has 2 aromatic rings. The van der Waals surface area contributed by atoms with Gasteiger partial charge in [-0.05, 0) is 18.3 Å². The van der Waals surface area contributed by atoms with Crippen molar-refractivity contribution in [2.45, 2.75) is 45.0 Å². The van der Waals surface area contributed by atoms with Crippen LogP contribution in [0, 0.1) is 11.2 Å². The molecule has 1 aliphatic carbocycles. The molecule has 1 unspecified atom stereocenters. The number of hydrogen-bond acceptors (Lipinski definition) is 2. The van der Waals surface area contributed by atoms with E-state index in [0.717, 1.165) is 17.8 Å². The first-order valence-corrected chi connectivity index (χ1v) is 7.81. The van der Waals surface area contributed by atoms with Gasteiger partial charge < -0.3 is 9.30 Å². The molecule has 1 aliphatic rings. The highest BCUT2D eigenvalue weighted by Gasteiger charge is 2.37. The lowest BCUT2D eigenvalue weighted by atomic mass is 9.87. The predicted octanol–water partition coefficient (Wildman–Crippen LogP) is 4.67. The van der Waals surface area contributed by atoms with Crippen LogP contribution in [0.4, 0.5) is 4.39 Å². The molecule has 114 valence electrons. The minimum absolute atomic E-state index is 0.191. The van der Waals surface area contributed by atoms with E-state index < -0.39 is 0 Å². The lowest BCUT2D eigenvalue weighted by Gasteiger charge is -2.30. The van der Waals surface area contributed by atoms with Gasteiger partial charge in [-0.1, -0.05) is 20.3 Å². The van der Waals surface area contributed by atoms with E-state index in [1.54, 1.807) is 6.07 Å². The van der Waals surface area contributed by atoms with Crippen LogP contribution in [0.25, 0.3) is 11.0 Å². The Hall–Kier alpha value is -1.29. The number of rotatable bonds is 3. The molecule has 0 radical (unpaired) electrons. The van der Waals surface area contributed by atoms with Crippen LogP contribution < -0.4 is 4.74 Å². The van der Waals surface area contributed by atoms with Gasteiger partial charge in [-0.15, -0.1) is 11.6 Å². The van der Waals surface area contributed by atoms with Crippen molar-refractivity contribution in [2.75, 3.05) is 7.11 Å². The Morgan fingerprint density at radius 1 is 1.48 bits per heavy atom. The molecule has 0 amide bonds. The summed E-state index contributed by atoms with van der Waals surface area (Å²) in [7, 11) is 1.48. The zero-order valence-corrected chi connectivity index (χ0v) is 13.4. The highest BCUT2D eigenvalue weighted by molar-refractivity contribution is 6.16. The number of nitrogens with zero attached hydrogens (tertiary/aromatic N) is 2. The Kier molecular flexibility index (Phi) is 3.60. The first kappa shape index (κ1) is 14.6. The van der Waals surface area contributed by atoms with Gasteiger partial charge in [0.25, 0.3) is 0 Å². The molecule has 3 rings (SSSR count). The minimum Gasteiger partial charge on any atom is -0.494 e. The van der Waals surface area contributed by atoms with Crippen LogP contribution >= 0.6 is 11.6 Å². The van der Waals surface area contributed by atoms with Gasteiger partial charge in [0.15, 0.2) is 11.6 Å². The summed E-state index contributed by atoms with van der Waals surface area (Å²) < 4.78 is 21.2. The smallest absolute Gasteiger partial charge is 0.167 e. The van der Waals surface area contributed by atoms with E-state index in [0.29, 0.717) is 17.4 Å². The van der Waals surface area contributed by atoms with Crippen molar-refractivity contribution in [2.24, 2.45) is 5.41 Å². The van der Waals surface area contributed by atoms with E-state index in [-0.39, 0.29) is 17.0 Å². The third-order valence-corrected chi connectivity index (χ3v) is 4.91. The average Bonchev–Trinajstić information content (AvgIpc) is 2.96. The largest absolute Gasteiger partial charge is 0.494 e. The predicted molar refractivity (Wildman–Crippen MR) is 82.5 cm³/mol. The zero-order valence-electron chi connectivity index (χ0n) is 12.6. The number of benzene rings is 1. The van der Waals surface area contributed by atoms with E-state index in [2.05, 4.69) is 23.4 Å². The molecular formula is C16H20ClFN2O. The molecule has 1 saturated carbocycles. The molecule has 1 heterocycles. The van der Waals surface area contributed by atoms with Crippen LogP contribution in [0.3, 0.4) is 0 Å². The van der Waals surface area contributed by atoms with Crippen molar-refractivity contribution < 1.29 is 9.13 Å². The maximum atomic E-state index is 13.9. The summed E-state index contributed by atoms with van der Waals surface area (Å²) in [5.41, 5.74) is 1.74. The van der Waals surface area contributed by atoms with Gasteiger partial charge in [0.05, 0.1) is 24.0 Å². The number of alkyl halides is 1. The second kappa shape index (κ2) is 5.16. The van der Waals surface area contributed by atoms with Crippen molar-refractivity contribution in [3.63, 3.8) is 0 Å². The second-order valence-corrected chi connectivity index (χ2v) is 6.67. The SMILES string of the molecule is COc1cc2c(cc1F)nc(CCl)n2C1CCCC1(C)C. The number of halogens is 2. The number of hydrogen-bond donors (Lipinski definition) is 0. The highest BCUT2D eigenvalue weighted by Crippen LogP contribution is 2.47. The van der Waals surface area contributed by atoms with E-state index in [9.17, 15) is 4.39 Å². The Bertz CT molecular complexity index is 680. The van der Waals surface area contributed by atoms with Gasteiger partial charge in [0.2, 0.25) is 0 Å². The molecule has 1 aromatic carbocycles. The fraction of sp³-hybridized carbons (Fsp3) is 0.562. The zero-order chi connectivity index (χ0) is 15.2. The number of imidazole rings is 1.